The zero-order chi connectivity index (χ0) is 23.4. The van der Waals surface area contributed by atoms with Crippen molar-refractivity contribution in [2.45, 2.75) is 50.4 Å². The summed E-state index contributed by atoms with van der Waals surface area (Å²) < 4.78 is 57.2. The number of alkyl halides is 3. The number of anilines is 1. The molecule has 2 aromatic carbocycles. The van der Waals surface area contributed by atoms with Gasteiger partial charge in [-0.2, -0.15) is 13.2 Å². The number of phenols is 1. The normalized spacial score (nSPS) is 23.2. The number of halogens is 4. The zero-order valence-electron chi connectivity index (χ0n) is 17.3. The van der Waals surface area contributed by atoms with Crippen molar-refractivity contribution in [3.8, 4) is 5.75 Å². The molecule has 0 aliphatic heterocycles. The van der Waals surface area contributed by atoms with Crippen molar-refractivity contribution < 1.29 is 27.8 Å². The second-order valence-corrected chi connectivity index (χ2v) is 8.24. The van der Waals surface area contributed by atoms with Crippen molar-refractivity contribution in [1.82, 2.24) is 4.98 Å². The average Bonchev–Trinajstić information content (AvgIpc) is 2.73. The summed E-state index contributed by atoms with van der Waals surface area (Å²) >= 11 is 0. The molecule has 0 amide bonds. The number of aliphatic hydroxyl groups is 1. The lowest BCUT2D eigenvalue weighted by molar-refractivity contribution is -0.272. The van der Waals surface area contributed by atoms with E-state index in [1.54, 1.807) is 6.92 Å². The van der Waals surface area contributed by atoms with Gasteiger partial charge < -0.3 is 20.5 Å². The first-order valence-corrected chi connectivity index (χ1v) is 10.2. The van der Waals surface area contributed by atoms with Crippen molar-refractivity contribution in [3.63, 3.8) is 0 Å². The van der Waals surface area contributed by atoms with Gasteiger partial charge in [-0.1, -0.05) is 19.1 Å². The van der Waals surface area contributed by atoms with Crippen LogP contribution in [0.4, 0.5) is 23.2 Å². The number of aryl methyl sites for hydroxylation is 1. The summed E-state index contributed by atoms with van der Waals surface area (Å²) in [4.78, 5) is 14.6. The Morgan fingerprint density at radius 1 is 1.25 bits per heavy atom. The minimum absolute atomic E-state index is 0.0267. The van der Waals surface area contributed by atoms with E-state index in [1.165, 1.54) is 43.5 Å². The summed E-state index contributed by atoms with van der Waals surface area (Å²) in [7, 11) is 0. The van der Waals surface area contributed by atoms with Crippen molar-refractivity contribution in [2.24, 2.45) is 0 Å². The Morgan fingerprint density at radius 2 is 1.97 bits per heavy atom. The maximum Gasteiger partial charge on any atom is 0.419 e. The summed E-state index contributed by atoms with van der Waals surface area (Å²) in [5, 5.41) is 24.9. The number of benzene rings is 2. The largest absolute Gasteiger partial charge is 0.505 e. The third-order valence-corrected chi connectivity index (χ3v) is 6.35. The minimum atomic E-state index is -5.02. The molecule has 0 radical (unpaired) electrons. The van der Waals surface area contributed by atoms with Crippen LogP contribution in [0.3, 0.4) is 0 Å². The first kappa shape index (κ1) is 22.1. The molecule has 5 nitrogen and oxygen atoms in total. The number of rotatable bonds is 3. The van der Waals surface area contributed by atoms with Gasteiger partial charge in [0.15, 0.2) is 17.2 Å². The standard InChI is InChI=1S/C23H22F4N2O3/c1-3-12-10-22(32,23(25,26)27)20(15-9-11(2)18(24)19(30)17(12)15)29-16-6-4-5-14-13(16)7-8-28-21(14)31/h4-9,12,20,29-30,32H,3,10H2,1-2H3,(H,28,31)/t12-,20+,22-/m1/s1. The molecule has 1 aliphatic carbocycles. The summed E-state index contributed by atoms with van der Waals surface area (Å²) in [5.74, 6) is -2.49. The second kappa shape index (κ2) is 7.51. The number of aromatic amines is 1. The predicted molar refractivity (Wildman–Crippen MR) is 112 cm³/mol. The molecule has 0 unspecified atom stereocenters. The van der Waals surface area contributed by atoms with Gasteiger partial charge >= 0.3 is 6.18 Å². The highest BCUT2D eigenvalue weighted by atomic mass is 19.4. The van der Waals surface area contributed by atoms with Gasteiger partial charge in [-0.25, -0.2) is 4.39 Å². The molecule has 3 aromatic rings. The molecular formula is C23H22F4N2O3. The molecule has 0 spiro atoms. The van der Waals surface area contributed by atoms with Gasteiger partial charge in [-0.15, -0.1) is 0 Å². The van der Waals surface area contributed by atoms with E-state index >= 15 is 0 Å². The van der Waals surface area contributed by atoms with Gasteiger partial charge in [-0.3, -0.25) is 4.79 Å². The molecule has 0 bridgehead atoms. The maximum absolute atomic E-state index is 14.5. The number of aromatic nitrogens is 1. The highest BCUT2D eigenvalue weighted by Crippen LogP contribution is 2.55. The van der Waals surface area contributed by atoms with Crippen molar-refractivity contribution in [3.05, 3.63) is 69.4 Å². The van der Waals surface area contributed by atoms with Crippen LogP contribution in [0, 0.1) is 12.7 Å². The number of hydrogen-bond acceptors (Lipinski definition) is 4. The summed E-state index contributed by atoms with van der Waals surface area (Å²) in [6.45, 7) is 2.96. The molecule has 4 N–H and O–H groups in total. The summed E-state index contributed by atoms with van der Waals surface area (Å²) in [6.07, 6.45) is -4.23. The summed E-state index contributed by atoms with van der Waals surface area (Å²) in [5.41, 5.74) is -3.42. The van der Waals surface area contributed by atoms with Gasteiger partial charge in [0, 0.05) is 28.2 Å². The zero-order valence-corrected chi connectivity index (χ0v) is 17.3. The van der Waals surface area contributed by atoms with Crippen LogP contribution in [0.25, 0.3) is 10.8 Å². The predicted octanol–water partition coefficient (Wildman–Crippen LogP) is 5.03. The lowest BCUT2D eigenvalue weighted by Crippen LogP contribution is -2.55. The van der Waals surface area contributed by atoms with Crippen LogP contribution in [0.5, 0.6) is 5.75 Å². The van der Waals surface area contributed by atoms with Gasteiger partial charge in [0.05, 0.1) is 6.04 Å². The molecule has 3 atom stereocenters. The molecule has 0 saturated heterocycles. The van der Waals surface area contributed by atoms with Crippen LogP contribution in [-0.4, -0.2) is 27.0 Å². The van der Waals surface area contributed by atoms with Crippen molar-refractivity contribution in [2.75, 3.05) is 5.32 Å². The van der Waals surface area contributed by atoms with E-state index < -0.39 is 47.3 Å². The van der Waals surface area contributed by atoms with Gasteiger partial charge in [0.25, 0.3) is 5.56 Å². The molecule has 9 heteroatoms. The number of aromatic hydroxyl groups is 1. The fraction of sp³-hybridized carbons (Fsp3) is 0.348. The quantitative estimate of drug-likeness (QED) is 0.422. The number of hydrogen-bond donors (Lipinski definition) is 4. The molecule has 4 rings (SSSR count). The highest BCUT2D eigenvalue weighted by Gasteiger charge is 2.62. The van der Waals surface area contributed by atoms with E-state index in [1.807, 2.05) is 0 Å². The molecule has 170 valence electrons. The minimum Gasteiger partial charge on any atom is -0.505 e. The number of pyridine rings is 1. The van der Waals surface area contributed by atoms with Crippen LogP contribution < -0.4 is 10.9 Å². The third kappa shape index (κ3) is 3.23. The summed E-state index contributed by atoms with van der Waals surface area (Å²) in [6, 6.07) is 5.58. The first-order chi connectivity index (χ1) is 15.0. The Bertz CT molecular complexity index is 1250. The Morgan fingerprint density at radius 3 is 2.62 bits per heavy atom. The van der Waals surface area contributed by atoms with Gasteiger partial charge in [0.1, 0.15) is 0 Å². The van der Waals surface area contributed by atoms with E-state index in [0.717, 1.165) is 0 Å². The lowest BCUT2D eigenvalue weighted by Gasteiger charge is -2.46. The van der Waals surface area contributed by atoms with Crippen LogP contribution in [0.15, 0.2) is 41.3 Å². The fourth-order valence-electron chi connectivity index (χ4n) is 4.66. The van der Waals surface area contributed by atoms with Crippen molar-refractivity contribution in [1.29, 1.82) is 0 Å². The average molecular weight is 450 g/mol. The molecular weight excluding hydrogens is 428 g/mol. The molecule has 0 fully saturated rings. The van der Waals surface area contributed by atoms with Crippen LogP contribution in [-0.2, 0) is 0 Å². The first-order valence-electron chi connectivity index (χ1n) is 10.2. The van der Waals surface area contributed by atoms with E-state index in [4.69, 9.17) is 0 Å². The fourth-order valence-corrected chi connectivity index (χ4v) is 4.66. The number of nitrogens with one attached hydrogen (secondary N) is 2. The van der Waals surface area contributed by atoms with Crippen LogP contribution in [0.1, 0.15) is 48.4 Å². The monoisotopic (exact) mass is 450 g/mol. The Labute approximate surface area is 180 Å². The van der Waals surface area contributed by atoms with Gasteiger partial charge in [0.2, 0.25) is 0 Å². The van der Waals surface area contributed by atoms with Crippen molar-refractivity contribution >= 4 is 16.5 Å². The number of phenolic OH excluding ortho intramolecular Hbond substituents is 1. The topological polar surface area (TPSA) is 85.4 Å². The van der Waals surface area contributed by atoms with Crippen LogP contribution in [0.2, 0.25) is 0 Å². The molecule has 0 saturated carbocycles. The van der Waals surface area contributed by atoms with Gasteiger partial charge in [-0.05, 0) is 55.0 Å². The van der Waals surface area contributed by atoms with E-state index in [0.29, 0.717) is 5.39 Å². The third-order valence-electron chi connectivity index (χ3n) is 6.35. The molecule has 1 aromatic heterocycles. The maximum atomic E-state index is 14.5. The Balaban J connectivity index is 1.98. The molecule has 1 heterocycles. The van der Waals surface area contributed by atoms with E-state index in [2.05, 4.69) is 10.3 Å². The lowest BCUT2D eigenvalue weighted by atomic mass is 9.68. The number of fused-ring (bicyclic) bond motifs is 2. The highest BCUT2D eigenvalue weighted by molar-refractivity contribution is 5.93. The smallest absolute Gasteiger partial charge is 0.419 e. The van der Waals surface area contributed by atoms with E-state index in [-0.39, 0.29) is 34.2 Å². The number of H-pyrrole nitrogens is 1. The Hall–Kier alpha value is -3.07. The second-order valence-electron chi connectivity index (χ2n) is 8.24. The SMILES string of the molecule is CC[C@@H]1C[C@](O)(C(F)(F)F)[C@@H](Nc2cccc3c(=O)[nH]ccc23)c2cc(C)c(F)c(O)c21. The van der Waals surface area contributed by atoms with E-state index in [9.17, 15) is 32.6 Å². The van der Waals surface area contributed by atoms with Crippen LogP contribution >= 0.6 is 0 Å². The molecule has 1 aliphatic rings. The Kier molecular flexibility index (Phi) is 5.20. The molecule has 32 heavy (non-hydrogen) atoms.